The second kappa shape index (κ2) is 7.93. The first-order valence-corrected chi connectivity index (χ1v) is 9.21. The third-order valence-electron chi connectivity index (χ3n) is 4.83. The zero-order valence-corrected chi connectivity index (χ0v) is 15.9. The Morgan fingerprint density at radius 3 is 2.75 bits per heavy atom. The molecule has 1 fully saturated rings. The molecule has 2 heterocycles. The summed E-state index contributed by atoms with van der Waals surface area (Å²) < 4.78 is 27.6. The Labute approximate surface area is 163 Å². The van der Waals surface area contributed by atoms with E-state index < -0.39 is 5.92 Å². The normalized spacial score (nSPS) is 16.2. The molecule has 0 atom stereocenters. The lowest BCUT2D eigenvalue weighted by atomic mass is 10.1. The number of rotatable bonds is 3. The van der Waals surface area contributed by atoms with Gasteiger partial charge >= 0.3 is 0 Å². The SMILES string of the molecule is Cc1cccc(NC(=O)c2c(C)cc(C#N)nc2N2CCCC(F)(F)CC2)c1. The van der Waals surface area contributed by atoms with Gasteiger partial charge in [-0.2, -0.15) is 5.26 Å². The molecule has 1 saturated heterocycles. The molecule has 3 rings (SSSR count). The van der Waals surface area contributed by atoms with Crippen LogP contribution in [-0.4, -0.2) is 29.9 Å². The van der Waals surface area contributed by atoms with Crippen LogP contribution in [0.5, 0.6) is 0 Å². The molecule has 1 aromatic carbocycles. The second-order valence-electron chi connectivity index (χ2n) is 7.15. The average molecular weight is 384 g/mol. The van der Waals surface area contributed by atoms with Crippen LogP contribution in [0.2, 0.25) is 0 Å². The molecule has 0 unspecified atom stereocenters. The van der Waals surface area contributed by atoms with Gasteiger partial charge in [-0.15, -0.1) is 0 Å². The summed E-state index contributed by atoms with van der Waals surface area (Å²) in [6.45, 7) is 4.09. The van der Waals surface area contributed by atoms with Crippen LogP contribution in [0.4, 0.5) is 20.3 Å². The zero-order valence-electron chi connectivity index (χ0n) is 15.9. The van der Waals surface area contributed by atoms with Gasteiger partial charge in [-0.3, -0.25) is 4.79 Å². The van der Waals surface area contributed by atoms with Gasteiger partial charge in [0.25, 0.3) is 5.91 Å². The van der Waals surface area contributed by atoms with E-state index in [1.54, 1.807) is 24.0 Å². The van der Waals surface area contributed by atoms with E-state index in [2.05, 4.69) is 10.3 Å². The fraction of sp³-hybridized carbons (Fsp3) is 0.381. The monoisotopic (exact) mass is 384 g/mol. The first-order valence-electron chi connectivity index (χ1n) is 9.21. The number of nitrogens with one attached hydrogen (secondary N) is 1. The standard InChI is InChI=1S/C21H22F2N4O/c1-14-5-3-6-16(11-14)26-20(28)18-15(2)12-17(13-24)25-19(18)27-9-4-7-21(22,23)8-10-27/h3,5-6,11-12H,4,7-10H2,1-2H3,(H,26,28). The van der Waals surface area contributed by atoms with Crippen molar-refractivity contribution in [1.29, 1.82) is 5.26 Å². The lowest BCUT2D eigenvalue weighted by molar-refractivity contribution is -0.0102. The molecular formula is C21H22F2N4O. The van der Waals surface area contributed by atoms with Crippen LogP contribution in [0.3, 0.4) is 0 Å². The topological polar surface area (TPSA) is 69.0 Å². The van der Waals surface area contributed by atoms with Crippen LogP contribution in [-0.2, 0) is 0 Å². The van der Waals surface area contributed by atoms with Crippen LogP contribution >= 0.6 is 0 Å². The van der Waals surface area contributed by atoms with Crippen LogP contribution in [0.1, 0.15) is 46.4 Å². The molecule has 1 amide bonds. The van der Waals surface area contributed by atoms with Gasteiger partial charge < -0.3 is 10.2 Å². The van der Waals surface area contributed by atoms with Gasteiger partial charge in [0.15, 0.2) is 0 Å². The Morgan fingerprint density at radius 2 is 2.04 bits per heavy atom. The van der Waals surface area contributed by atoms with Crippen molar-refractivity contribution in [1.82, 2.24) is 4.98 Å². The maximum atomic E-state index is 13.8. The summed E-state index contributed by atoms with van der Waals surface area (Å²) in [6, 6.07) is 10.9. The Hall–Kier alpha value is -3.01. The quantitative estimate of drug-likeness (QED) is 0.849. The average Bonchev–Trinajstić information content (AvgIpc) is 2.81. The van der Waals surface area contributed by atoms with E-state index in [1.807, 2.05) is 31.2 Å². The van der Waals surface area contributed by atoms with Crippen LogP contribution in [0, 0.1) is 25.2 Å². The summed E-state index contributed by atoms with van der Waals surface area (Å²) in [5.41, 5.74) is 2.70. The number of alkyl halides is 2. The van der Waals surface area contributed by atoms with Crippen LogP contribution in [0.15, 0.2) is 30.3 Å². The molecule has 2 aromatic rings. The van der Waals surface area contributed by atoms with Gasteiger partial charge in [0.1, 0.15) is 17.6 Å². The predicted molar refractivity (Wildman–Crippen MR) is 104 cm³/mol. The number of hydrogen-bond acceptors (Lipinski definition) is 4. The molecule has 5 nitrogen and oxygen atoms in total. The molecular weight excluding hydrogens is 362 g/mol. The van der Waals surface area contributed by atoms with Gasteiger partial charge in [0.2, 0.25) is 5.92 Å². The summed E-state index contributed by atoms with van der Waals surface area (Å²) in [7, 11) is 0. The minimum atomic E-state index is -2.72. The van der Waals surface area contributed by atoms with E-state index >= 15 is 0 Å². The van der Waals surface area contributed by atoms with Crippen molar-refractivity contribution in [2.45, 2.75) is 39.0 Å². The number of aromatic nitrogens is 1. The number of amides is 1. The van der Waals surface area contributed by atoms with E-state index in [0.29, 0.717) is 35.6 Å². The highest BCUT2D eigenvalue weighted by Crippen LogP contribution is 2.32. The number of nitriles is 1. The maximum absolute atomic E-state index is 13.8. The molecule has 1 aliphatic heterocycles. The lowest BCUT2D eigenvalue weighted by Gasteiger charge is -2.25. The fourth-order valence-electron chi connectivity index (χ4n) is 3.41. The number of aryl methyl sites for hydroxylation is 2. The van der Waals surface area contributed by atoms with Crippen molar-refractivity contribution < 1.29 is 13.6 Å². The smallest absolute Gasteiger partial charge is 0.259 e. The van der Waals surface area contributed by atoms with Crippen molar-refractivity contribution >= 4 is 17.4 Å². The molecule has 0 bridgehead atoms. The predicted octanol–water partition coefficient (Wildman–Crippen LogP) is 4.45. The minimum Gasteiger partial charge on any atom is -0.356 e. The first-order chi connectivity index (χ1) is 13.3. The van der Waals surface area contributed by atoms with Crippen LogP contribution in [0.25, 0.3) is 0 Å². The highest BCUT2D eigenvalue weighted by atomic mass is 19.3. The highest BCUT2D eigenvalue weighted by molar-refractivity contribution is 6.08. The van der Waals surface area contributed by atoms with Gasteiger partial charge in [-0.25, -0.2) is 13.8 Å². The molecule has 0 spiro atoms. The van der Waals surface area contributed by atoms with E-state index in [0.717, 1.165) is 5.56 Å². The molecule has 1 N–H and O–H groups in total. The summed E-state index contributed by atoms with van der Waals surface area (Å²) in [5.74, 6) is -2.80. The molecule has 146 valence electrons. The number of nitrogens with zero attached hydrogens (tertiary/aromatic N) is 3. The third kappa shape index (κ3) is 4.45. The van der Waals surface area contributed by atoms with Gasteiger partial charge in [0.05, 0.1) is 5.56 Å². The number of benzene rings is 1. The number of carbonyl (C=O) groups is 1. The fourth-order valence-corrected chi connectivity index (χ4v) is 3.41. The molecule has 0 saturated carbocycles. The van der Waals surface area contributed by atoms with Crippen molar-refractivity contribution in [2.75, 3.05) is 23.3 Å². The molecule has 0 aliphatic carbocycles. The molecule has 28 heavy (non-hydrogen) atoms. The number of pyridine rings is 1. The van der Waals surface area contributed by atoms with Gasteiger partial charge in [0, 0.05) is 31.6 Å². The Kier molecular flexibility index (Phi) is 5.59. The first kappa shape index (κ1) is 19.7. The number of halogens is 2. The summed E-state index contributed by atoms with van der Waals surface area (Å²) >= 11 is 0. The highest BCUT2D eigenvalue weighted by Gasteiger charge is 2.33. The molecule has 1 aliphatic rings. The van der Waals surface area contributed by atoms with E-state index in [9.17, 15) is 18.8 Å². The van der Waals surface area contributed by atoms with Gasteiger partial charge in [-0.05, 0) is 49.6 Å². The minimum absolute atomic E-state index is 0.0824. The van der Waals surface area contributed by atoms with Crippen molar-refractivity contribution in [3.8, 4) is 6.07 Å². The molecule has 7 heteroatoms. The Bertz CT molecular complexity index is 936. The van der Waals surface area contributed by atoms with Crippen LogP contribution < -0.4 is 10.2 Å². The van der Waals surface area contributed by atoms with Crippen molar-refractivity contribution in [3.05, 3.63) is 52.7 Å². The second-order valence-corrected chi connectivity index (χ2v) is 7.15. The number of carbonyl (C=O) groups excluding carboxylic acids is 1. The van der Waals surface area contributed by atoms with E-state index in [4.69, 9.17) is 0 Å². The summed E-state index contributed by atoms with van der Waals surface area (Å²) in [6.07, 6.45) is -0.196. The summed E-state index contributed by atoms with van der Waals surface area (Å²) in [4.78, 5) is 19.0. The van der Waals surface area contributed by atoms with Gasteiger partial charge in [-0.1, -0.05) is 12.1 Å². The summed E-state index contributed by atoms with van der Waals surface area (Å²) in [5, 5.41) is 12.1. The number of anilines is 2. The largest absolute Gasteiger partial charge is 0.356 e. The Balaban J connectivity index is 1.98. The zero-order chi connectivity index (χ0) is 20.3. The van der Waals surface area contributed by atoms with E-state index in [-0.39, 0.29) is 31.0 Å². The van der Waals surface area contributed by atoms with E-state index in [1.165, 1.54) is 0 Å². The van der Waals surface area contributed by atoms with Crippen molar-refractivity contribution in [2.24, 2.45) is 0 Å². The molecule has 0 radical (unpaired) electrons. The Morgan fingerprint density at radius 1 is 1.25 bits per heavy atom. The molecule has 1 aromatic heterocycles. The lowest BCUT2D eigenvalue weighted by Crippen LogP contribution is -2.30. The number of hydrogen-bond donors (Lipinski definition) is 1. The third-order valence-corrected chi connectivity index (χ3v) is 4.83. The maximum Gasteiger partial charge on any atom is 0.259 e. The van der Waals surface area contributed by atoms with Crippen molar-refractivity contribution in [3.63, 3.8) is 0 Å².